The standard InChI is InChI=1S/C21H18N2O5S2/c24-11(25)7-23-19(26)14-9-6-10(15(14)20(23)27)16-13(9)12(8-4-2-1-3-5-8)17-18(29-16)22-21(28)30-17/h1-5,9-10,12-16H,6-7H2,(H,22,28)(H,24,25)/t9?,10?,12-,13?,14?,15?,16?/m1/s1. The minimum Gasteiger partial charge on any atom is -0.480 e. The van der Waals surface area contributed by atoms with Gasteiger partial charge in [-0.15, -0.1) is 11.8 Å². The molecule has 2 aliphatic heterocycles. The van der Waals surface area contributed by atoms with Gasteiger partial charge in [0.15, 0.2) is 0 Å². The molecule has 2 amide bonds. The van der Waals surface area contributed by atoms with E-state index in [0.29, 0.717) is 0 Å². The van der Waals surface area contributed by atoms with Crippen LogP contribution in [0.1, 0.15) is 22.8 Å². The van der Waals surface area contributed by atoms with Crippen LogP contribution in [0.2, 0.25) is 0 Å². The average molecular weight is 443 g/mol. The molecule has 154 valence electrons. The van der Waals surface area contributed by atoms with Crippen LogP contribution in [0.4, 0.5) is 0 Å². The largest absolute Gasteiger partial charge is 0.480 e. The van der Waals surface area contributed by atoms with Gasteiger partial charge in [-0.2, -0.15) is 0 Å². The Balaban J connectivity index is 1.45. The van der Waals surface area contributed by atoms with Crippen LogP contribution in [0.15, 0.2) is 40.2 Å². The molecule has 3 fully saturated rings. The zero-order valence-corrected chi connectivity index (χ0v) is 17.3. The molecule has 1 aromatic heterocycles. The summed E-state index contributed by atoms with van der Waals surface area (Å²) < 4.78 is 0. The van der Waals surface area contributed by atoms with Crippen LogP contribution in [0.3, 0.4) is 0 Å². The number of hydrogen-bond donors (Lipinski definition) is 2. The quantitative estimate of drug-likeness (QED) is 0.704. The van der Waals surface area contributed by atoms with Crippen LogP contribution in [0.25, 0.3) is 0 Å². The monoisotopic (exact) mass is 442 g/mol. The Morgan fingerprint density at radius 1 is 1.10 bits per heavy atom. The van der Waals surface area contributed by atoms with E-state index in [2.05, 4.69) is 17.1 Å². The number of H-pyrrole nitrogens is 1. The molecular formula is C21H18N2O5S2. The van der Waals surface area contributed by atoms with E-state index in [9.17, 15) is 19.2 Å². The summed E-state index contributed by atoms with van der Waals surface area (Å²) in [5.41, 5.74) is 1.12. The Hall–Kier alpha value is -2.39. The van der Waals surface area contributed by atoms with Crippen LogP contribution in [-0.4, -0.2) is 44.6 Å². The third kappa shape index (κ3) is 2.33. The fourth-order valence-corrected chi connectivity index (χ4v) is 9.29. The highest BCUT2D eigenvalue weighted by Gasteiger charge is 2.69. The van der Waals surface area contributed by atoms with Crippen molar-refractivity contribution in [3.05, 3.63) is 50.4 Å². The van der Waals surface area contributed by atoms with Gasteiger partial charge in [0.05, 0.1) is 16.9 Å². The summed E-state index contributed by atoms with van der Waals surface area (Å²) in [6, 6.07) is 10.0. The second kappa shape index (κ2) is 6.31. The van der Waals surface area contributed by atoms with Crippen molar-refractivity contribution in [2.24, 2.45) is 29.6 Å². The second-order valence-electron chi connectivity index (χ2n) is 8.53. The highest BCUT2D eigenvalue weighted by atomic mass is 32.2. The minimum atomic E-state index is -1.17. The van der Waals surface area contributed by atoms with E-state index in [0.717, 1.165) is 26.8 Å². The van der Waals surface area contributed by atoms with Crippen LogP contribution in [0, 0.1) is 29.6 Å². The molecule has 2 aromatic rings. The maximum absolute atomic E-state index is 13.1. The summed E-state index contributed by atoms with van der Waals surface area (Å²) in [5.74, 6) is -2.52. The lowest BCUT2D eigenvalue weighted by atomic mass is 9.68. The van der Waals surface area contributed by atoms with Gasteiger partial charge in [0.25, 0.3) is 0 Å². The van der Waals surface area contributed by atoms with Crippen molar-refractivity contribution in [2.45, 2.75) is 22.6 Å². The number of aromatic amines is 1. The SMILES string of the molecule is O=C(O)CN1C(=O)C2C3CC(C2C1=O)C1C3Sc2[nH]c(=O)sc2[C@@H]1c1ccccc1. The van der Waals surface area contributed by atoms with Crippen LogP contribution in [-0.2, 0) is 14.4 Å². The summed E-state index contributed by atoms with van der Waals surface area (Å²) >= 11 is 2.87. The summed E-state index contributed by atoms with van der Waals surface area (Å²) in [4.78, 5) is 54.3. The van der Waals surface area contributed by atoms with E-state index in [-0.39, 0.29) is 45.6 Å². The number of aliphatic carboxylic acids is 1. The third-order valence-electron chi connectivity index (χ3n) is 7.27. The minimum absolute atomic E-state index is 0.00350. The van der Waals surface area contributed by atoms with Crippen molar-refractivity contribution in [2.75, 3.05) is 6.54 Å². The number of imide groups is 1. The highest BCUT2D eigenvalue weighted by molar-refractivity contribution is 8.00. The first-order chi connectivity index (χ1) is 14.5. The molecule has 7 nitrogen and oxygen atoms in total. The number of carboxylic acid groups (broad SMARTS) is 1. The number of amides is 2. The molecule has 6 unspecified atom stereocenters. The molecule has 7 atom stereocenters. The Kier molecular flexibility index (Phi) is 3.86. The fourth-order valence-electron chi connectivity index (χ4n) is 6.40. The predicted molar refractivity (Wildman–Crippen MR) is 109 cm³/mol. The van der Waals surface area contributed by atoms with Crippen molar-refractivity contribution in [1.29, 1.82) is 0 Å². The van der Waals surface area contributed by atoms with E-state index in [4.69, 9.17) is 5.11 Å². The average Bonchev–Trinajstić information content (AvgIpc) is 3.44. The lowest BCUT2D eigenvalue weighted by Gasteiger charge is -2.43. The maximum Gasteiger partial charge on any atom is 0.323 e. The number of carbonyl (C=O) groups is 3. The Labute approximate surface area is 179 Å². The van der Waals surface area contributed by atoms with Crippen molar-refractivity contribution in [1.82, 2.24) is 9.88 Å². The van der Waals surface area contributed by atoms with Crippen molar-refractivity contribution in [3.8, 4) is 0 Å². The van der Waals surface area contributed by atoms with E-state index in [1.165, 1.54) is 11.3 Å². The molecule has 2 saturated carbocycles. The molecule has 9 heteroatoms. The number of carbonyl (C=O) groups excluding carboxylic acids is 2. The van der Waals surface area contributed by atoms with Crippen LogP contribution in [0.5, 0.6) is 0 Å². The second-order valence-corrected chi connectivity index (χ2v) is 10.7. The molecule has 0 spiro atoms. The summed E-state index contributed by atoms with van der Waals surface area (Å²) in [6.45, 7) is -0.560. The highest BCUT2D eigenvalue weighted by Crippen LogP contribution is 2.68. The molecule has 30 heavy (non-hydrogen) atoms. The predicted octanol–water partition coefficient (Wildman–Crippen LogP) is 1.99. The molecule has 0 radical (unpaired) electrons. The molecule has 3 heterocycles. The number of rotatable bonds is 3. The summed E-state index contributed by atoms with van der Waals surface area (Å²) in [5, 5.41) is 10.2. The molecule has 1 aromatic carbocycles. The van der Waals surface area contributed by atoms with Gasteiger partial charge in [-0.05, 0) is 29.7 Å². The van der Waals surface area contributed by atoms with Gasteiger partial charge in [0, 0.05) is 16.0 Å². The van der Waals surface area contributed by atoms with Gasteiger partial charge < -0.3 is 10.1 Å². The molecular weight excluding hydrogens is 424 g/mol. The first-order valence-electron chi connectivity index (χ1n) is 9.97. The number of fused-ring (bicyclic) bond motifs is 9. The van der Waals surface area contributed by atoms with Gasteiger partial charge in [-0.3, -0.25) is 24.1 Å². The number of nitrogens with one attached hydrogen (secondary N) is 1. The fraction of sp³-hybridized carbons (Fsp3) is 0.429. The smallest absolute Gasteiger partial charge is 0.323 e. The number of benzene rings is 1. The number of nitrogens with zero attached hydrogens (tertiary/aromatic N) is 1. The Morgan fingerprint density at radius 2 is 1.80 bits per heavy atom. The number of thiazole rings is 1. The van der Waals surface area contributed by atoms with Crippen molar-refractivity contribution >= 4 is 40.9 Å². The normalized spacial score (nSPS) is 36.0. The van der Waals surface area contributed by atoms with Crippen molar-refractivity contribution < 1.29 is 19.5 Å². The van der Waals surface area contributed by atoms with E-state index < -0.39 is 24.3 Å². The van der Waals surface area contributed by atoms with Gasteiger partial charge in [0.2, 0.25) is 11.8 Å². The van der Waals surface area contributed by atoms with Crippen LogP contribution >= 0.6 is 23.1 Å². The van der Waals surface area contributed by atoms with Crippen molar-refractivity contribution in [3.63, 3.8) is 0 Å². The Morgan fingerprint density at radius 3 is 2.50 bits per heavy atom. The first kappa shape index (κ1) is 18.4. The van der Waals surface area contributed by atoms with Gasteiger partial charge in [-0.1, -0.05) is 41.7 Å². The van der Waals surface area contributed by atoms with Gasteiger partial charge in [0.1, 0.15) is 6.54 Å². The molecule has 2 aliphatic carbocycles. The lowest BCUT2D eigenvalue weighted by Crippen LogP contribution is -2.42. The number of aromatic nitrogens is 1. The van der Waals surface area contributed by atoms with Gasteiger partial charge in [-0.25, -0.2) is 0 Å². The molecule has 1 saturated heterocycles. The first-order valence-corrected chi connectivity index (χ1v) is 11.7. The van der Waals surface area contributed by atoms with E-state index >= 15 is 0 Å². The summed E-state index contributed by atoms with van der Waals surface area (Å²) in [7, 11) is 0. The third-order valence-corrected chi connectivity index (χ3v) is 9.86. The topological polar surface area (TPSA) is 108 Å². The van der Waals surface area contributed by atoms with E-state index in [1.807, 2.05) is 18.2 Å². The number of likely N-dealkylation sites (tertiary alicyclic amines) is 1. The molecule has 4 aliphatic rings. The lowest BCUT2D eigenvalue weighted by molar-refractivity contribution is -0.149. The molecule has 6 rings (SSSR count). The zero-order chi connectivity index (χ0) is 20.7. The van der Waals surface area contributed by atoms with E-state index in [1.54, 1.807) is 11.8 Å². The molecule has 2 N–H and O–H groups in total. The summed E-state index contributed by atoms with van der Waals surface area (Å²) in [6.07, 6.45) is 0.804. The zero-order valence-electron chi connectivity index (χ0n) is 15.7. The Bertz CT molecular complexity index is 1140. The number of carboxylic acids is 1. The number of thioether (sulfide) groups is 1. The van der Waals surface area contributed by atoms with Crippen LogP contribution < -0.4 is 4.87 Å². The molecule has 2 bridgehead atoms. The van der Waals surface area contributed by atoms with Gasteiger partial charge >= 0.3 is 10.8 Å². The maximum atomic E-state index is 13.1. The number of hydrogen-bond acceptors (Lipinski definition) is 6.